The molecule has 4 nitrogen and oxygen atoms in total. The summed E-state index contributed by atoms with van der Waals surface area (Å²) in [6, 6.07) is 0. The van der Waals surface area contributed by atoms with Crippen molar-refractivity contribution in [2.75, 3.05) is 0 Å². The number of carbonyl (C=O) groups excluding carboxylic acids is 1. The molecule has 13 heavy (non-hydrogen) atoms. The molecule has 70 valence electrons. The molecule has 0 aliphatic carbocycles. The van der Waals surface area contributed by atoms with Crippen molar-refractivity contribution in [1.29, 1.82) is 0 Å². The number of hydrogen-bond donors (Lipinski definition) is 1. The third kappa shape index (κ3) is 2.21. The molecule has 0 unspecified atom stereocenters. The highest BCUT2D eigenvalue weighted by Crippen LogP contribution is 2.30. The number of aromatic nitrogens is 2. The largest absolute Gasteiger partial charge is 0.367 e. The Morgan fingerprint density at radius 1 is 1.38 bits per heavy atom. The Hall–Kier alpha value is -0.580. The standard InChI is InChI=1S/C6H4Cl3N3O/c7-3-1-11-5(12-2-3)6(8,9)4(10)13/h1-2H,(H2,10,13). The van der Waals surface area contributed by atoms with E-state index in [0.717, 1.165) is 0 Å². The average molecular weight is 240 g/mol. The zero-order valence-corrected chi connectivity index (χ0v) is 8.44. The minimum absolute atomic E-state index is 0.0901. The molecular weight excluding hydrogens is 236 g/mol. The van der Waals surface area contributed by atoms with Crippen molar-refractivity contribution in [3.63, 3.8) is 0 Å². The summed E-state index contributed by atoms with van der Waals surface area (Å²) in [7, 11) is 0. The topological polar surface area (TPSA) is 68.9 Å². The summed E-state index contributed by atoms with van der Waals surface area (Å²) in [4.78, 5) is 18.1. The van der Waals surface area contributed by atoms with Gasteiger partial charge in [0.05, 0.1) is 5.02 Å². The number of nitrogens with zero attached hydrogens (tertiary/aromatic N) is 2. The molecule has 7 heteroatoms. The molecule has 0 fully saturated rings. The van der Waals surface area contributed by atoms with Gasteiger partial charge in [0.2, 0.25) is 0 Å². The fourth-order valence-electron chi connectivity index (χ4n) is 0.585. The molecule has 1 amide bonds. The highest BCUT2D eigenvalue weighted by Gasteiger charge is 2.36. The Balaban J connectivity index is 3.08. The Morgan fingerprint density at radius 3 is 2.23 bits per heavy atom. The Labute approximate surface area is 89.0 Å². The van der Waals surface area contributed by atoms with E-state index in [-0.39, 0.29) is 5.82 Å². The number of rotatable bonds is 2. The number of hydrogen-bond acceptors (Lipinski definition) is 3. The highest BCUT2D eigenvalue weighted by molar-refractivity contribution is 6.57. The predicted molar refractivity (Wildman–Crippen MR) is 49.6 cm³/mol. The van der Waals surface area contributed by atoms with Crippen LogP contribution in [0.4, 0.5) is 0 Å². The van der Waals surface area contributed by atoms with Gasteiger partial charge in [0.1, 0.15) is 0 Å². The Morgan fingerprint density at radius 2 is 1.85 bits per heavy atom. The van der Waals surface area contributed by atoms with Crippen LogP contribution in [0.25, 0.3) is 0 Å². The van der Waals surface area contributed by atoms with E-state index in [0.29, 0.717) is 5.02 Å². The van der Waals surface area contributed by atoms with Crippen LogP contribution in [0.1, 0.15) is 5.82 Å². The number of alkyl halides is 2. The van der Waals surface area contributed by atoms with E-state index in [9.17, 15) is 4.79 Å². The molecule has 1 rings (SSSR count). The summed E-state index contributed by atoms with van der Waals surface area (Å²) in [6.07, 6.45) is 2.54. The summed E-state index contributed by atoms with van der Waals surface area (Å²) >= 11 is 16.7. The molecule has 0 spiro atoms. The first kappa shape index (κ1) is 10.5. The van der Waals surface area contributed by atoms with Crippen molar-refractivity contribution in [1.82, 2.24) is 9.97 Å². The van der Waals surface area contributed by atoms with Gasteiger partial charge in [0.25, 0.3) is 10.2 Å². The van der Waals surface area contributed by atoms with Crippen molar-refractivity contribution < 1.29 is 4.79 Å². The van der Waals surface area contributed by atoms with Crippen LogP contribution < -0.4 is 5.73 Å². The van der Waals surface area contributed by atoms with Crippen LogP contribution in [0, 0.1) is 0 Å². The molecule has 0 radical (unpaired) electrons. The van der Waals surface area contributed by atoms with Crippen molar-refractivity contribution in [2.45, 2.75) is 4.33 Å². The number of halogens is 3. The van der Waals surface area contributed by atoms with Crippen LogP contribution in [-0.2, 0) is 9.13 Å². The second kappa shape index (κ2) is 3.65. The lowest BCUT2D eigenvalue weighted by Crippen LogP contribution is -2.32. The van der Waals surface area contributed by atoms with Gasteiger partial charge in [-0.05, 0) is 0 Å². The second-order valence-electron chi connectivity index (χ2n) is 2.16. The van der Waals surface area contributed by atoms with Crippen LogP contribution in [0.5, 0.6) is 0 Å². The zero-order valence-electron chi connectivity index (χ0n) is 6.17. The molecule has 1 heterocycles. The van der Waals surface area contributed by atoms with E-state index in [4.69, 9.17) is 40.5 Å². The van der Waals surface area contributed by atoms with E-state index in [2.05, 4.69) is 9.97 Å². The molecule has 2 N–H and O–H groups in total. The molecule has 0 saturated carbocycles. The number of nitrogens with two attached hydrogens (primary N) is 1. The van der Waals surface area contributed by atoms with Gasteiger partial charge in [-0.15, -0.1) is 0 Å². The fraction of sp³-hybridized carbons (Fsp3) is 0.167. The van der Waals surface area contributed by atoms with Crippen LogP contribution in [-0.4, -0.2) is 15.9 Å². The molecule has 1 aromatic rings. The van der Waals surface area contributed by atoms with Crippen LogP contribution >= 0.6 is 34.8 Å². The van der Waals surface area contributed by atoms with Crippen LogP contribution in [0.15, 0.2) is 12.4 Å². The predicted octanol–water partition coefficient (Wildman–Crippen LogP) is 1.25. The zero-order chi connectivity index (χ0) is 10.1. The van der Waals surface area contributed by atoms with Crippen molar-refractivity contribution >= 4 is 40.7 Å². The number of amides is 1. The number of primary amides is 1. The first-order valence-corrected chi connectivity index (χ1v) is 4.23. The monoisotopic (exact) mass is 239 g/mol. The maximum atomic E-state index is 10.8. The van der Waals surface area contributed by atoms with Crippen LogP contribution in [0.3, 0.4) is 0 Å². The Bertz CT molecular complexity index is 324. The minimum Gasteiger partial charge on any atom is -0.367 e. The summed E-state index contributed by atoms with van der Waals surface area (Å²) in [5.41, 5.74) is 4.92. The van der Waals surface area contributed by atoms with Crippen molar-refractivity contribution in [3.05, 3.63) is 23.2 Å². The Kier molecular flexibility index (Phi) is 2.95. The summed E-state index contributed by atoms with van der Waals surface area (Å²) < 4.78 is -1.91. The normalized spacial score (nSPS) is 11.3. The summed E-state index contributed by atoms with van der Waals surface area (Å²) in [5.74, 6) is -1.02. The first-order valence-electron chi connectivity index (χ1n) is 3.10. The maximum Gasteiger partial charge on any atom is 0.261 e. The molecular formula is C6H4Cl3N3O. The van der Waals surface area contributed by atoms with E-state index in [1.54, 1.807) is 0 Å². The lowest BCUT2D eigenvalue weighted by molar-refractivity contribution is -0.118. The van der Waals surface area contributed by atoms with Crippen molar-refractivity contribution in [2.24, 2.45) is 5.73 Å². The summed E-state index contributed by atoms with van der Waals surface area (Å²) in [5, 5.41) is 0.317. The first-order chi connectivity index (χ1) is 5.94. The quantitative estimate of drug-likeness (QED) is 0.791. The van der Waals surface area contributed by atoms with E-state index < -0.39 is 10.2 Å². The van der Waals surface area contributed by atoms with Gasteiger partial charge in [-0.3, -0.25) is 4.79 Å². The van der Waals surface area contributed by atoms with E-state index in [1.165, 1.54) is 12.4 Å². The molecule has 0 saturated heterocycles. The molecule has 0 bridgehead atoms. The van der Waals surface area contributed by atoms with Crippen LogP contribution in [0.2, 0.25) is 5.02 Å². The highest BCUT2D eigenvalue weighted by atomic mass is 35.5. The molecule has 0 aromatic carbocycles. The molecule has 0 aliphatic heterocycles. The van der Waals surface area contributed by atoms with E-state index in [1.807, 2.05) is 0 Å². The maximum absolute atomic E-state index is 10.8. The minimum atomic E-state index is -1.91. The van der Waals surface area contributed by atoms with Gasteiger partial charge in [-0.2, -0.15) is 0 Å². The summed E-state index contributed by atoms with van der Waals surface area (Å²) in [6.45, 7) is 0. The molecule has 0 atom stereocenters. The molecule has 1 aromatic heterocycles. The smallest absolute Gasteiger partial charge is 0.261 e. The van der Waals surface area contributed by atoms with Crippen molar-refractivity contribution in [3.8, 4) is 0 Å². The molecule has 0 aliphatic rings. The van der Waals surface area contributed by atoms with Gasteiger partial charge < -0.3 is 5.73 Å². The third-order valence-electron chi connectivity index (χ3n) is 1.21. The van der Waals surface area contributed by atoms with Gasteiger partial charge in [0, 0.05) is 12.4 Å². The van der Waals surface area contributed by atoms with E-state index >= 15 is 0 Å². The van der Waals surface area contributed by atoms with Gasteiger partial charge >= 0.3 is 0 Å². The van der Waals surface area contributed by atoms with Gasteiger partial charge in [0.15, 0.2) is 5.82 Å². The third-order valence-corrected chi connectivity index (χ3v) is 2.12. The SMILES string of the molecule is NC(=O)C(Cl)(Cl)c1ncc(Cl)cn1. The number of carbonyl (C=O) groups is 1. The lowest BCUT2D eigenvalue weighted by Gasteiger charge is -2.12. The lowest BCUT2D eigenvalue weighted by atomic mass is 10.3. The average Bonchev–Trinajstić information content (AvgIpc) is 2.04. The van der Waals surface area contributed by atoms with Gasteiger partial charge in [-0.25, -0.2) is 9.97 Å². The fourth-order valence-corrected chi connectivity index (χ4v) is 0.877. The second-order valence-corrected chi connectivity index (χ2v) is 3.93. The van der Waals surface area contributed by atoms with Gasteiger partial charge in [-0.1, -0.05) is 34.8 Å².